The average molecular weight is 356 g/mol. The summed E-state index contributed by atoms with van der Waals surface area (Å²) in [6, 6.07) is 12.7. The van der Waals surface area contributed by atoms with Crippen LogP contribution in [0.1, 0.15) is 25.8 Å². The maximum atomic E-state index is 12.3. The Hall–Kier alpha value is -2.89. The molecule has 0 fully saturated rings. The van der Waals surface area contributed by atoms with Gasteiger partial charge in [-0.15, -0.1) is 0 Å². The van der Waals surface area contributed by atoms with Gasteiger partial charge in [0.2, 0.25) is 11.8 Å². The molecule has 0 aliphatic carbocycles. The summed E-state index contributed by atoms with van der Waals surface area (Å²) in [5, 5.41) is 4.75. The number of fused-ring (bicyclic) bond motifs is 1. The maximum Gasteiger partial charge on any atom is 0.308 e. The number of nitrogens with two attached hydrogens (primary N) is 1. The standard InChI is InChI=1S/C20H24N2O4/c1-3-26-20(25)13(2)10-17(19(21)24)22-18(23)12-14-8-9-15-6-4-5-7-16(15)11-14/h4-9,11,13,17H,3,10,12H2,1-2H3,(H2,21,24)(H,22,23)/t13-,17+/m0/s1. The van der Waals surface area contributed by atoms with Gasteiger partial charge in [0.1, 0.15) is 6.04 Å². The second-order valence-electron chi connectivity index (χ2n) is 6.27. The van der Waals surface area contributed by atoms with Gasteiger partial charge in [0.05, 0.1) is 18.9 Å². The second-order valence-corrected chi connectivity index (χ2v) is 6.27. The Morgan fingerprint density at radius 3 is 2.46 bits per heavy atom. The van der Waals surface area contributed by atoms with Crippen LogP contribution in [0.2, 0.25) is 0 Å². The minimum atomic E-state index is -0.914. The fraction of sp³-hybridized carbons (Fsp3) is 0.350. The van der Waals surface area contributed by atoms with E-state index in [1.807, 2.05) is 42.5 Å². The average Bonchev–Trinajstić information content (AvgIpc) is 2.61. The predicted octanol–water partition coefficient (Wildman–Crippen LogP) is 1.94. The van der Waals surface area contributed by atoms with Crippen molar-refractivity contribution in [1.29, 1.82) is 0 Å². The number of benzene rings is 2. The van der Waals surface area contributed by atoms with Crippen LogP contribution >= 0.6 is 0 Å². The van der Waals surface area contributed by atoms with Crippen LogP contribution in [0.4, 0.5) is 0 Å². The summed E-state index contributed by atoms with van der Waals surface area (Å²) in [7, 11) is 0. The molecular formula is C20H24N2O4. The summed E-state index contributed by atoms with van der Waals surface area (Å²) in [4.78, 5) is 35.7. The molecule has 0 aromatic heterocycles. The van der Waals surface area contributed by atoms with E-state index in [-0.39, 0.29) is 25.4 Å². The van der Waals surface area contributed by atoms with Crippen molar-refractivity contribution in [3.05, 3.63) is 48.0 Å². The van der Waals surface area contributed by atoms with Crippen LogP contribution in [0.3, 0.4) is 0 Å². The Morgan fingerprint density at radius 2 is 1.81 bits per heavy atom. The van der Waals surface area contributed by atoms with Gasteiger partial charge >= 0.3 is 5.97 Å². The Morgan fingerprint density at radius 1 is 1.12 bits per heavy atom. The van der Waals surface area contributed by atoms with Gasteiger partial charge < -0.3 is 15.8 Å². The lowest BCUT2D eigenvalue weighted by atomic mass is 10.0. The first-order valence-electron chi connectivity index (χ1n) is 8.63. The van der Waals surface area contributed by atoms with Crippen molar-refractivity contribution in [2.45, 2.75) is 32.7 Å². The first-order valence-corrected chi connectivity index (χ1v) is 8.63. The quantitative estimate of drug-likeness (QED) is 0.706. The van der Waals surface area contributed by atoms with Gasteiger partial charge in [-0.2, -0.15) is 0 Å². The highest BCUT2D eigenvalue weighted by Gasteiger charge is 2.25. The van der Waals surface area contributed by atoms with Gasteiger partial charge in [0.15, 0.2) is 0 Å². The lowest BCUT2D eigenvalue weighted by Crippen LogP contribution is -2.46. The lowest BCUT2D eigenvalue weighted by molar-refractivity contribution is -0.148. The van der Waals surface area contributed by atoms with Crippen LogP contribution in [0.15, 0.2) is 42.5 Å². The molecule has 2 aromatic rings. The Labute approximate surface area is 152 Å². The van der Waals surface area contributed by atoms with E-state index in [4.69, 9.17) is 10.5 Å². The highest BCUT2D eigenvalue weighted by Crippen LogP contribution is 2.16. The predicted molar refractivity (Wildman–Crippen MR) is 99.2 cm³/mol. The zero-order valence-corrected chi connectivity index (χ0v) is 15.0. The molecule has 6 heteroatoms. The summed E-state index contributed by atoms with van der Waals surface area (Å²) < 4.78 is 4.92. The number of primary amides is 1. The molecule has 0 saturated carbocycles. The van der Waals surface area contributed by atoms with Crippen LogP contribution in [0.25, 0.3) is 10.8 Å². The zero-order chi connectivity index (χ0) is 19.1. The number of rotatable bonds is 8. The van der Waals surface area contributed by atoms with E-state index < -0.39 is 23.8 Å². The molecule has 0 aliphatic rings. The third-order valence-electron chi connectivity index (χ3n) is 4.14. The minimum absolute atomic E-state index is 0.109. The van der Waals surface area contributed by atoms with Crippen molar-refractivity contribution in [2.24, 2.45) is 11.7 Å². The molecule has 2 amide bonds. The van der Waals surface area contributed by atoms with Gasteiger partial charge in [0.25, 0.3) is 0 Å². The van der Waals surface area contributed by atoms with Crippen molar-refractivity contribution in [3.63, 3.8) is 0 Å². The summed E-state index contributed by atoms with van der Waals surface area (Å²) in [6.07, 6.45) is 0.236. The Balaban J connectivity index is 2.00. The summed E-state index contributed by atoms with van der Waals surface area (Å²) in [6.45, 7) is 3.61. The molecule has 0 saturated heterocycles. The van der Waals surface area contributed by atoms with E-state index in [0.717, 1.165) is 16.3 Å². The third kappa shape index (κ3) is 5.31. The zero-order valence-electron chi connectivity index (χ0n) is 15.0. The minimum Gasteiger partial charge on any atom is -0.466 e. The molecule has 0 aliphatic heterocycles. The van der Waals surface area contributed by atoms with E-state index >= 15 is 0 Å². The number of nitrogens with one attached hydrogen (secondary N) is 1. The molecule has 2 rings (SSSR count). The SMILES string of the molecule is CCOC(=O)[C@@H](C)C[C@@H](NC(=O)Cc1ccc2ccccc2c1)C(N)=O. The van der Waals surface area contributed by atoms with Crippen LogP contribution in [0.5, 0.6) is 0 Å². The van der Waals surface area contributed by atoms with Crippen LogP contribution in [0, 0.1) is 5.92 Å². The smallest absolute Gasteiger partial charge is 0.308 e. The second kappa shape index (κ2) is 8.99. The lowest BCUT2D eigenvalue weighted by Gasteiger charge is -2.19. The largest absolute Gasteiger partial charge is 0.466 e. The van der Waals surface area contributed by atoms with Gasteiger partial charge in [-0.3, -0.25) is 14.4 Å². The van der Waals surface area contributed by atoms with Crippen molar-refractivity contribution in [2.75, 3.05) is 6.61 Å². The van der Waals surface area contributed by atoms with E-state index in [1.54, 1.807) is 13.8 Å². The van der Waals surface area contributed by atoms with E-state index in [0.29, 0.717) is 0 Å². The van der Waals surface area contributed by atoms with Crippen molar-refractivity contribution in [1.82, 2.24) is 5.32 Å². The number of hydrogen-bond acceptors (Lipinski definition) is 4. The highest BCUT2D eigenvalue weighted by atomic mass is 16.5. The van der Waals surface area contributed by atoms with Gasteiger partial charge in [-0.1, -0.05) is 49.4 Å². The number of amides is 2. The monoisotopic (exact) mass is 356 g/mol. The molecule has 0 bridgehead atoms. The van der Waals surface area contributed by atoms with Crippen molar-refractivity contribution in [3.8, 4) is 0 Å². The van der Waals surface area contributed by atoms with Crippen molar-refractivity contribution < 1.29 is 19.1 Å². The molecule has 26 heavy (non-hydrogen) atoms. The topological polar surface area (TPSA) is 98.5 Å². The Kier molecular flexibility index (Phi) is 6.72. The fourth-order valence-corrected chi connectivity index (χ4v) is 2.76. The molecule has 0 unspecified atom stereocenters. The van der Waals surface area contributed by atoms with Crippen LogP contribution in [-0.4, -0.2) is 30.4 Å². The van der Waals surface area contributed by atoms with Gasteiger partial charge in [-0.25, -0.2) is 0 Å². The number of ether oxygens (including phenoxy) is 1. The first-order chi connectivity index (χ1) is 12.4. The Bertz CT molecular complexity index is 803. The molecule has 138 valence electrons. The molecule has 0 heterocycles. The van der Waals surface area contributed by atoms with E-state index in [9.17, 15) is 14.4 Å². The summed E-state index contributed by atoms with van der Waals surface area (Å²) in [5.74, 6) is -1.94. The van der Waals surface area contributed by atoms with E-state index in [1.165, 1.54) is 0 Å². The number of carbonyl (C=O) groups is 3. The summed E-state index contributed by atoms with van der Waals surface area (Å²) >= 11 is 0. The normalized spacial score (nSPS) is 13.0. The van der Waals surface area contributed by atoms with Gasteiger partial charge in [0, 0.05) is 0 Å². The van der Waals surface area contributed by atoms with Crippen LogP contribution in [-0.2, 0) is 25.5 Å². The molecular weight excluding hydrogens is 332 g/mol. The maximum absolute atomic E-state index is 12.3. The molecule has 0 spiro atoms. The molecule has 2 aromatic carbocycles. The molecule has 6 nitrogen and oxygen atoms in total. The summed E-state index contributed by atoms with van der Waals surface area (Å²) in [5.41, 5.74) is 6.21. The number of carbonyl (C=O) groups excluding carboxylic acids is 3. The van der Waals surface area contributed by atoms with Crippen molar-refractivity contribution >= 4 is 28.6 Å². The van der Waals surface area contributed by atoms with E-state index in [2.05, 4.69) is 5.32 Å². The molecule has 2 atom stereocenters. The molecule has 3 N–H and O–H groups in total. The van der Waals surface area contributed by atoms with Crippen LogP contribution < -0.4 is 11.1 Å². The molecule has 0 radical (unpaired) electrons. The van der Waals surface area contributed by atoms with Gasteiger partial charge in [-0.05, 0) is 29.7 Å². The first kappa shape index (κ1) is 19.4. The number of hydrogen-bond donors (Lipinski definition) is 2. The number of esters is 1. The third-order valence-corrected chi connectivity index (χ3v) is 4.14. The fourth-order valence-electron chi connectivity index (χ4n) is 2.76. The highest BCUT2D eigenvalue weighted by molar-refractivity contribution is 5.89.